The average molecular weight is 429 g/mol. The predicted molar refractivity (Wildman–Crippen MR) is 118 cm³/mol. The van der Waals surface area contributed by atoms with Crippen LogP contribution in [0.15, 0.2) is 0 Å². The van der Waals surface area contributed by atoms with E-state index < -0.39 is 5.60 Å². The minimum Gasteiger partial charge on any atom is -0.459 e. The largest absolute Gasteiger partial charge is 0.459 e. The first-order valence-corrected chi connectivity index (χ1v) is 12.6. The highest BCUT2D eigenvalue weighted by Gasteiger charge is 2.72. The molecule has 5 aliphatic rings. The van der Waals surface area contributed by atoms with E-state index in [2.05, 4.69) is 41.5 Å². The van der Waals surface area contributed by atoms with Crippen molar-refractivity contribution in [3.63, 3.8) is 0 Å². The highest BCUT2D eigenvalue weighted by atomic mass is 16.6. The summed E-state index contributed by atoms with van der Waals surface area (Å²) in [6.45, 7) is 13.6. The van der Waals surface area contributed by atoms with E-state index in [-0.39, 0.29) is 39.5 Å². The molecule has 8 atom stereocenters. The van der Waals surface area contributed by atoms with Crippen LogP contribution in [0.4, 0.5) is 0 Å². The van der Waals surface area contributed by atoms with Gasteiger partial charge >= 0.3 is 5.97 Å². The number of esters is 1. The molecule has 5 fully saturated rings. The standard InChI is InChI=1S/C27H40O4/c1-23(2)18-8-13-25(4)19(24(18,3)11-9-20(23)29)15-17(28)22-16(7-12-26(22,25)5)27(6)14-10-21(30)31-27/h16,18-19,22H,7-15H2,1-6H3/t16-,18-,19+,22-,24-,25+,26+,27-/m0/s1. The first-order valence-electron chi connectivity index (χ1n) is 12.6. The van der Waals surface area contributed by atoms with E-state index in [4.69, 9.17) is 4.74 Å². The van der Waals surface area contributed by atoms with Crippen molar-refractivity contribution in [2.75, 3.05) is 0 Å². The quantitative estimate of drug-likeness (QED) is 0.516. The summed E-state index contributed by atoms with van der Waals surface area (Å²) >= 11 is 0. The van der Waals surface area contributed by atoms with Crippen molar-refractivity contribution in [1.82, 2.24) is 0 Å². The number of carbonyl (C=O) groups is 3. The van der Waals surface area contributed by atoms with E-state index in [1.54, 1.807) is 0 Å². The maximum absolute atomic E-state index is 13.9. The molecule has 0 radical (unpaired) electrons. The SMILES string of the molecule is CC1(C)C(=O)CC[C@]2(C)[C@H]3CC(=O)[C@@H]4[C@@H]([C@]5(C)CCC(=O)O5)CC[C@@]4(C)[C@]3(C)CC[C@@H]12. The van der Waals surface area contributed by atoms with Crippen LogP contribution >= 0.6 is 0 Å². The van der Waals surface area contributed by atoms with E-state index >= 15 is 0 Å². The molecule has 1 saturated heterocycles. The fourth-order valence-electron chi connectivity index (χ4n) is 9.90. The maximum Gasteiger partial charge on any atom is 0.306 e. The Bertz CT molecular complexity index is 859. The van der Waals surface area contributed by atoms with E-state index in [0.717, 1.165) is 38.5 Å². The summed E-state index contributed by atoms with van der Waals surface area (Å²) in [4.78, 5) is 38.7. The third-order valence-corrected chi connectivity index (χ3v) is 11.9. The zero-order valence-corrected chi connectivity index (χ0v) is 20.3. The van der Waals surface area contributed by atoms with Gasteiger partial charge in [-0.25, -0.2) is 0 Å². The summed E-state index contributed by atoms with van der Waals surface area (Å²) in [7, 11) is 0. The topological polar surface area (TPSA) is 60.4 Å². The van der Waals surface area contributed by atoms with Gasteiger partial charge in [-0.3, -0.25) is 14.4 Å². The molecule has 5 rings (SSSR count). The summed E-state index contributed by atoms with van der Waals surface area (Å²) in [6, 6.07) is 0. The number of hydrogen-bond donors (Lipinski definition) is 0. The highest BCUT2D eigenvalue weighted by molar-refractivity contribution is 5.87. The zero-order valence-electron chi connectivity index (χ0n) is 20.3. The second-order valence-electron chi connectivity index (χ2n) is 13.2. The maximum atomic E-state index is 13.9. The van der Waals surface area contributed by atoms with Gasteiger partial charge in [0, 0.05) is 36.5 Å². The van der Waals surface area contributed by atoms with Gasteiger partial charge in [0.1, 0.15) is 17.2 Å². The third kappa shape index (κ3) is 2.51. The summed E-state index contributed by atoms with van der Waals surface area (Å²) in [5.41, 5.74) is -0.719. The van der Waals surface area contributed by atoms with Crippen molar-refractivity contribution in [3.05, 3.63) is 0 Å². The van der Waals surface area contributed by atoms with Gasteiger partial charge < -0.3 is 4.74 Å². The molecule has 0 unspecified atom stereocenters. The summed E-state index contributed by atoms with van der Waals surface area (Å²) in [5.74, 6) is 1.52. The van der Waals surface area contributed by atoms with Crippen LogP contribution in [0.25, 0.3) is 0 Å². The predicted octanol–water partition coefficient (Wildman–Crippen LogP) is 5.52. The number of ketones is 2. The number of Topliss-reactive ketones (excluding diaryl/α,β-unsaturated/α-hetero) is 2. The van der Waals surface area contributed by atoms with Crippen LogP contribution < -0.4 is 0 Å². The van der Waals surface area contributed by atoms with Crippen molar-refractivity contribution in [2.24, 2.45) is 45.3 Å². The molecule has 0 N–H and O–H groups in total. The first-order chi connectivity index (χ1) is 14.3. The number of fused-ring (bicyclic) bond motifs is 5. The molecule has 0 aromatic rings. The molecule has 4 nitrogen and oxygen atoms in total. The first kappa shape index (κ1) is 21.6. The lowest BCUT2D eigenvalue weighted by atomic mass is 9.35. The van der Waals surface area contributed by atoms with Gasteiger partial charge in [-0.2, -0.15) is 0 Å². The summed E-state index contributed by atoms with van der Waals surface area (Å²) < 4.78 is 5.86. The molecule has 0 bridgehead atoms. The summed E-state index contributed by atoms with van der Waals surface area (Å²) in [6.07, 6.45) is 7.62. The highest BCUT2D eigenvalue weighted by Crippen LogP contribution is 2.75. The number of rotatable bonds is 1. The second kappa shape index (κ2) is 6.23. The Hall–Kier alpha value is -1.19. The number of ether oxygens (including phenoxy) is 1. The van der Waals surface area contributed by atoms with Gasteiger partial charge in [0.25, 0.3) is 0 Å². The van der Waals surface area contributed by atoms with E-state index in [0.29, 0.717) is 42.7 Å². The molecule has 31 heavy (non-hydrogen) atoms. The monoisotopic (exact) mass is 428 g/mol. The minimum absolute atomic E-state index is 0.0111. The molecule has 1 heterocycles. The molecular weight excluding hydrogens is 388 g/mol. The van der Waals surface area contributed by atoms with Gasteiger partial charge in [0.2, 0.25) is 0 Å². The van der Waals surface area contributed by atoms with Crippen molar-refractivity contribution in [2.45, 2.75) is 105 Å². The lowest BCUT2D eigenvalue weighted by Crippen LogP contribution is -2.65. The van der Waals surface area contributed by atoms with Crippen LogP contribution in [-0.2, 0) is 19.1 Å². The van der Waals surface area contributed by atoms with Gasteiger partial charge in [0.15, 0.2) is 0 Å². The summed E-state index contributed by atoms with van der Waals surface area (Å²) in [5, 5.41) is 0. The van der Waals surface area contributed by atoms with Crippen molar-refractivity contribution in [3.8, 4) is 0 Å². The Morgan fingerprint density at radius 1 is 0.774 bits per heavy atom. The Kier molecular flexibility index (Phi) is 4.35. The van der Waals surface area contributed by atoms with E-state index in [1.807, 2.05) is 0 Å². The van der Waals surface area contributed by atoms with Gasteiger partial charge in [-0.05, 0) is 73.5 Å². The smallest absolute Gasteiger partial charge is 0.306 e. The van der Waals surface area contributed by atoms with Crippen LogP contribution in [-0.4, -0.2) is 23.1 Å². The number of hydrogen-bond acceptors (Lipinski definition) is 4. The fourth-order valence-corrected chi connectivity index (χ4v) is 9.90. The van der Waals surface area contributed by atoms with Crippen molar-refractivity contribution < 1.29 is 19.1 Å². The molecule has 4 saturated carbocycles. The Morgan fingerprint density at radius 3 is 2.10 bits per heavy atom. The van der Waals surface area contributed by atoms with Gasteiger partial charge in [-0.1, -0.05) is 34.6 Å². The van der Waals surface area contributed by atoms with Crippen LogP contribution in [0.1, 0.15) is 99.3 Å². The number of cyclic esters (lactones) is 1. The van der Waals surface area contributed by atoms with Crippen LogP contribution in [0.5, 0.6) is 0 Å². The van der Waals surface area contributed by atoms with Crippen LogP contribution in [0.3, 0.4) is 0 Å². The molecule has 172 valence electrons. The Labute approximate surface area is 187 Å². The third-order valence-electron chi connectivity index (χ3n) is 11.9. The molecule has 4 heteroatoms. The van der Waals surface area contributed by atoms with Crippen LogP contribution in [0, 0.1) is 45.3 Å². The lowest BCUT2D eigenvalue weighted by molar-refractivity contribution is -0.206. The van der Waals surface area contributed by atoms with Gasteiger partial charge in [-0.15, -0.1) is 0 Å². The fraction of sp³-hybridized carbons (Fsp3) is 0.889. The Morgan fingerprint density at radius 2 is 1.45 bits per heavy atom. The normalized spacial score (nSPS) is 53.5. The lowest BCUT2D eigenvalue weighted by Gasteiger charge is -2.68. The Balaban J connectivity index is 1.54. The molecule has 0 spiro atoms. The van der Waals surface area contributed by atoms with Crippen LogP contribution in [0.2, 0.25) is 0 Å². The molecule has 0 aromatic heterocycles. The average Bonchev–Trinajstić information content (AvgIpc) is 3.23. The molecule has 4 aliphatic carbocycles. The zero-order chi connectivity index (χ0) is 22.6. The second-order valence-corrected chi connectivity index (χ2v) is 13.2. The molecular formula is C27H40O4. The molecule has 1 aliphatic heterocycles. The number of carbonyl (C=O) groups excluding carboxylic acids is 3. The van der Waals surface area contributed by atoms with Crippen molar-refractivity contribution in [1.29, 1.82) is 0 Å². The van der Waals surface area contributed by atoms with E-state index in [9.17, 15) is 14.4 Å². The van der Waals surface area contributed by atoms with E-state index in [1.165, 1.54) is 0 Å². The minimum atomic E-state index is -0.487. The molecule has 0 amide bonds. The van der Waals surface area contributed by atoms with Crippen molar-refractivity contribution >= 4 is 17.5 Å². The van der Waals surface area contributed by atoms with Gasteiger partial charge in [0.05, 0.1) is 0 Å². The molecule has 0 aromatic carbocycles.